The van der Waals surface area contributed by atoms with Crippen LogP contribution in [0.15, 0.2) is 65.4 Å². The zero-order valence-electron chi connectivity index (χ0n) is 11.5. The first-order valence-corrected chi connectivity index (χ1v) is 7.59. The Morgan fingerprint density at radius 1 is 1.05 bits per heavy atom. The van der Waals surface area contributed by atoms with Crippen molar-refractivity contribution in [1.82, 2.24) is 9.55 Å². The molecule has 0 aliphatic heterocycles. The second-order valence-electron chi connectivity index (χ2n) is 5.02. The molecule has 0 saturated heterocycles. The van der Waals surface area contributed by atoms with Gasteiger partial charge >= 0.3 is 0 Å². The zero-order valence-corrected chi connectivity index (χ0v) is 13.1. The standard InChI is InChI=1S/C17H16BrN3/c18-15-3-1-2-14(10-15)12-21-9-8-20-17(21)11-13-4-6-16(19)7-5-13/h1-10H,11-12,19H2. The van der Waals surface area contributed by atoms with Crippen LogP contribution in [0, 0.1) is 0 Å². The van der Waals surface area contributed by atoms with Gasteiger partial charge in [0.2, 0.25) is 0 Å². The van der Waals surface area contributed by atoms with Crippen LogP contribution in [0.2, 0.25) is 0 Å². The van der Waals surface area contributed by atoms with Gasteiger partial charge in [-0.3, -0.25) is 0 Å². The van der Waals surface area contributed by atoms with Gasteiger partial charge in [-0.2, -0.15) is 0 Å². The van der Waals surface area contributed by atoms with Crippen molar-refractivity contribution in [2.75, 3.05) is 5.73 Å². The number of nitrogens with zero attached hydrogens (tertiary/aromatic N) is 2. The highest BCUT2D eigenvalue weighted by Crippen LogP contribution is 2.15. The SMILES string of the molecule is Nc1ccc(Cc2nccn2Cc2cccc(Br)c2)cc1. The number of imidazole rings is 1. The van der Waals surface area contributed by atoms with E-state index in [2.05, 4.69) is 43.7 Å². The average molecular weight is 342 g/mol. The van der Waals surface area contributed by atoms with E-state index in [1.54, 1.807) is 0 Å². The number of benzene rings is 2. The lowest BCUT2D eigenvalue weighted by Gasteiger charge is -2.09. The third-order valence-electron chi connectivity index (χ3n) is 3.39. The number of aromatic nitrogens is 2. The van der Waals surface area contributed by atoms with Gasteiger partial charge in [0.05, 0.1) is 0 Å². The molecule has 3 rings (SSSR count). The quantitative estimate of drug-likeness (QED) is 0.732. The van der Waals surface area contributed by atoms with Crippen molar-refractivity contribution in [3.8, 4) is 0 Å². The molecule has 2 aromatic carbocycles. The average Bonchev–Trinajstić information content (AvgIpc) is 2.89. The number of hydrogen-bond donors (Lipinski definition) is 1. The van der Waals surface area contributed by atoms with E-state index in [9.17, 15) is 0 Å². The van der Waals surface area contributed by atoms with Crippen LogP contribution in [-0.4, -0.2) is 9.55 Å². The van der Waals surface area contributed by atoms with Crippen LogP contribution in [0.4, 0.5) is 5.69 Å². The van der Waals surface area contributed by atoms with Gasteiger partial charge in [0.15, 0.2) is 0 Å². The van der Waals surface area contributed by atoms with Crippen molar-refractivity contribution in [3.63, 3.8) is 0 Å². The van der Waals surface area contributed by atoms with E-state index in [1.165, 1.54) is 11.1 Å². The van der Waals surface area contributed by atoms with Crippen molar-refractivity contribution < 1.29 is 0 Å². The molecule has 0 radical (unpaired) electrons. The molecule has 0 spiro atoms. The monoisotopic (exact) mass is 341 g/mol. The number of nitrogens with two attached hydrogens (primary N) is 1. The van der Waals surface area contributed by atoms with Crippen molar-refractivity contribution >= 4 is 21.6 Å². The summed E-state index contributed by atoms with van der Waals surface area (Å²) in [5.41, 5.74) is 8.97. The Bertz CT molecular complexity index is 732. The Hall–Kier alpha value is -2.07. The smallest absolute Gasteiger partial charge is 0.113 e. The molecule has 3 aromatic rings. The first-order valence-electron chi connectivity index (χ1n) is 6.79. The van der Waals surface area contributed by atoms with E-state index in [0.717, 1.165) is 29.0 Å². The van der Waals surface area contributed by atoms with Crippen molar-refractivity contribution in [3.05, 3.63) is 82.3 Å². The molecule has 0 aliphatic carbocycles. The normalized spacial score (nSPS) is 10.7. The van der Waals surface area contributed by atoms with E-state index in [1.807, 2.05) is 42.7 Å². The Morgan fingerprint density at radius 2 is 1.86 bits per heavy atom. The van der Waals surface area contributed by atoms with Crippen LogP contribution in [0.3, 0.4) is 0 Å². The Morgan fingerprint density at radius 3 is 2.62 bits per heavy atom. The molecule has 0 bridgehead atoms. The van der Waals surface area contributed by atoms with Gasteiger partial charge in [0.1, 0.15) is 5.82 Å². The maximum absolute atomic E-state index is 5.72. The third-order valence-corrected chi connectivity index (χ3v) is 3.88. The minimum absolute atomic E-state index is 0.788. The molecule has 4 heteroatoms. The Balaban J connectivity index is 1.79. The number of halogens is 1. The van der Waals surface area contributed by atoms with Crippen LogP contribution in [-0.2, 0) is 13.0 Å². The van der Waals surface area contributed by atoms with Crippen molar-refractivity contribution in [1.29, 1.82) is 0 Å². The molecule has 0 amide bonds. The van der Waals surface area contributed by atoms with Gasteiger partial charge in [-0.05, 0) is 35.4 Å². The molecule has 106 valence electrons. The summed E-state index contributed by atoms with van der Waals surface area (Å²) in [6.07, 6.45) is 4.68. The molecule has 0 atom stereocenters. The molecule has 21 heavy (non-hydrogen) atoms. The maximum Gasteiger partial charge on any atom is 0.113 e. The van der Waals surface area contributed by atoms with E-state index in [-0.39, 0.29) is 0 Å². The third kappa shape index (κ3) is 3.52. The lowest BCUT2D eigenvalue weighted by molar-refractivity contribution is 0.740. The molecule has 2 N–H and O–H groups in total. The summed E-state index contributed by atoms with van der Waals surface area (Å²) in [5.74, 6) is 1.06. The number of anilines is 1. The highest BCUT2D eigenvalue weighted by atomic mass is 79.9. The summed E-state index contributed by atoms with van der Waals surface area (Å²) in [6, 6.07) is 16.3. The van der Waals surface area contributed by atoms with Gasteiger partial charge in [0, 0.05) is 35.5 Å². The van der Waals surface area contributed by atoms with Crippen molar-refractivity contribution in [2.24, 2.45) is 0 Å². The molecular formula is C17H16BrN3. The fraction of sp³-hybridized carbons (Fsp3) is 0.118. The maximum atomic E-state index is 5.72. The fourth-order valence-corrected chi connectivity index (χ4v) is 2.75. The molecule has 3 nitrogen and oxygen atoms in total. The number of nitrogen functional groups attached to an aromatic ring is 1. The predicted molar refractivity (Wildman–Crippen MR) is 89.1 cm³/mol. The van der Waals surface area contributed by atoms with Crippen molar-refractivity contribution in [2.45, 2.75) is 13.0 Å². The van der Waals surface area contributed by atoms with E-state index < -0.39 is 0 Å². The van der Waals surface area contributed by atoms with Crippen LogP contribution in [0.1, 0.15) is 17.0 Å². The number of rotatable bonds is 4. The summed E-state index contributed by atoms with van der Waals surface area (Å²) in [7, 11) is 0. The topological polar surface area (TPSA) is 43.8 Å². The summed E-state index contributed by atoms with van der Waals surface area (Å²) in [5, 5.41) is 0. The predicted octanol–water partition coefficient (Wildman–Crippen LogP) is 3.87. The van der Waals surface area contributed by atoms with Gasteiger partial charge in [-0.15, -0.1) is 0 Å². The van der Waals surface area contributed by atoms with Gasteiger partial charge in [-0.25, -0.2) is 4.98 Å². The highest BCUT2D eigenvalue weighted by Gasteiger charge is 2.05. The van der Waals surface area contributed by atoms with Crippen LogP contribution in [0.25, 0.3) is 0 Å². The van der Waals surface area contributed by atoms with Crippen LogP contribution < -0.4 is 5.73 Å². The summed E-state index contributed by atoms with van der Waals surface area (Å²) >= 11 is 3.51. The molecule has 1 aromatic heterocycles. The van der Waals surface area contributed by atoms with Crippen LogP contribution in [0.5, 0.6) is 0 Å². The first kappa shape index (κ1) is 13.9. The molecular weight excluding hydrogens is 326 g/mol. The van der Waals surface area contributed by atoms with E-state index in [0.29, 0.717) is 0 Å². The zero-order chi connectivity index (χ0) is 14.7. The second-order valence-corrected chi connectivity index (χ2v) is 5.94. The summed E-state index contributed by atoms with van der Waals surface area (Å²) < 4.78 is 3.28. The fourth-order valence-electron chi connectivity index (χ4n) is 2.30. The highest BCUT2D eigenvalue weighted by molar-refractivity contribution is 9.10. The molecule has 0 saturated carbocycles. The molecule has 0 aliphatic rings. The lowest BCUT2D eigenvalue weighted by atomic mass is 10.1. The van der Waals surface area contributed by atoms with E-state index >= 15 is 0 Å². The summed E-state index contributed by atoms with van der Waals surface area (Å²) in [4.78, 5) is 4.47. The van der Waals surface area contributed by atoms with Gasteiger partial charge in [0.25, 0.3) is 0 Å². The number of hydrogen-bond acceptors (Lipinski definition) is 2. The molecule has 0 fully saturated rings. The summed E-state index contributed by atoms with van der Waals surface area (Å²) in [6.45, 7) is 0.823. The van der Waals surface area contributed by atoms with E-state index in [4.69, 9.17) is 5.73 Å². The lowest BCUT2D eigenvalue weighted by Crippen LogP contribution is -2.05. The molecule has 0 unspecified atom stereocenters. The minimum Gasteiger partial charge on any atom is -0.399 e. The Kier molecular flexibility index (Phi) is 4.06. The second kappa shape index (κ2) is 6.14. The largest absolute Gasteiger partial charge is 0.399 e. The first-order chi connectivity index (χ1) is 10.2. The molecule has 1 heterocycles. The minimum atomic E-state index is 0.788. The van der Waals surface area contributed by atoms with Gasteiger partial charge < -0.3 is 10.3 Å². The van der Waals surface area contributed by atoms with Crippen LogP contribution >= 0.6 is 15.9 Å². The Labute approximate surface area is 132 Å². The van der Waals surface area contributed by atoms with Gasteiger partial charge in [-0.1, -0.05) is 40.2 Å².